The van der Waals surface area contributed by atoms with E-state index in [4.69, 9.17) is 0 Å². The Labute approximate surface area is 149 Å². The standard InChI is InChI=1S/C19H16N4OS/c24-19(13-16-4-3-11-25-16)20-15-8-6-14(7-9-15)12-18-22-21-17-5-1-2-10-23(17)18/h1-11H,12-13H2,(H,20,24). The van der Waals surface area contributed by atoms with E-state index in [-0.39, 0.29) is 5.91 Å². The normalized spacial score (nSPS) is 10.9. The number of carbonyl (C=O) groups is 1. The third kappa shape index (κ3) is 3.59. The summed E-state index contributed by atoms with van der Waals surface area (Å²) in [5.74, 6) is 0.892. The van der Waals surface area contributed by atoms with Crippen molar-refractivity contribution in [3.63, 3.8) is 0 Å². The Morgan fingerprint density at radius 3 is 2.72 bits per heavy atom. The molecule has 0 bridgehead atoms. The van der Waals surface area contributed by atoms with Crippen LogP contribution in [0.2, 0.25) is 0 Å². The number of anilines is 1. The van der Waals surface area contributed by atoms with Crippen molar-refractivity contribution < 1.29 is 4.79 Å². The molecule has 25 heavy (non-hydrogen) atoms. The topological polar surface area (TPSA) is 59.3 Å². The zero-order valence-electron chi connectivity index (χ0n) is 13.4. The molecule has 1 aromatic carbocycles. The van der Waals surface area contributed by atoms with Gasteiger partial charge in [0.25, 0.3) is 0 Å². The molecule has 0 aliphatic carbocycles. The Bertz CT molecular complexity index is 990. The minimum atomic E-state index is -0.00125. The summed E-state index contributed by atoms with van der Waals surface area (Å²) < 4.78 is 1.98. The van der Waals surface area contributed by atoms with Crippen molar-refractivity contribution in [1.82, 2.24) is 14.6 Å². The molecule has 0 aliphatic heterocycles. The summed E-state index contributed by atoms with van der Waals surface area (Å²) in [6.07, 6.45) is 3.06. The van der Waals surface area contributed by atoms with Crippen LogP contribution in [0, 0.1) is 0 Å². The number of nitrogens with one attached hydrogen (secondary N) is 1. The highest BCUT2D eigenvalue weighted by Gasteiger charge is 2.07. The fourth-order valence-corrected chi connectivity index (χ4v) is 3.38. The number of rotatable bonds is 5. The molecule has 0 atom stereocenters. The molecule has 0 fully saturated rings. The number of hydrogen-bond donors (Lipinski definition) is 1. The number of benzene rings is 1. The minimum Gasteiger partial charge on any atom is -0.326 e. The van der Waals surface area contributed by atoms with Gasteiger partial charge in [-0.3, -0.25) is 9.20 Å². The fourth-order valence-electron chi connectivity index (χ4n) is 2.68. The maximum Gasteiger partial charge on any atom is 0.229 e. The second-order valence-corrected chi connectivity index (χ2v) is 6.76. The van der Waals surface area contributed by atoms with E-state index in [9.17, 15) is 4.79 Å². The highest BCUT2D eigenvalue weighted by Crippen LogP contribution is 2.15. The van der Waals surface area contributed by atoms with E-state index in [1.54, 1.807) is 11.3 Å². The Hall–Kier alpha value is -2.99. The first kappa shape index (κ1) is 15.5. The monoisotopic (exact) mass is 348 g/mol. The molecule has 0 aliphatic rings. The Morgan fingerprint density at radius 2 is 1.92 bits per heavy atom. The van der Waals surface area contributed by atoms with Crippen LogP contribution in [0.15, 0.2) is 66.2 Å². The van der Waals surface area contributed by atoms with Gasteiger partial charge >= 0.3 is 0 Å². The molecular formula is C19H16N4OS. The van der Waals surface area contributed by atoms with Crippen molar-refractivity contribution in [2.75, 3.05) is 5.32 Å². The van der Waals surface area contributed by atoms with Gasteiger partial charge in [-0.2, -0.15) is 0 Å². The summed E-state index contributed by atoms with van der Waals surface area (Å²) in [4.78, 5) is 13.1. The van der Waals surface area contributed by atoms with Crippen molar-refractivity contribution >= 4 is 28.6 Å². The van der Waals surface area contributed by atoms with E-state index in [1.165, 1.54) is 0 Å². The summed E-state index contributed by atoms with van der Waals surface area (Å²) in [7, 11) is 0. The largest absolute Gasteiger partial charge is 0.326 e. The van der Waals surface area contributed by atoms with Crippen LogP contribution in [0.4, 0.5) is 5.69 Å². The van der Waals surface area contributed by atoms with Gasteiger partial charge in [-0.25, -0.2) is 0 Å². The Balaban J connectivity index is 1.42. The van der Waals surface area contributed by atoms with Crippen LogP contribution in [-0.4, -0.2) is 20.5 Å². The molecule has 6 heteroatoms. The Kier molecular flexibility index (Phi) is 4.26. The SMILES string of the molecule is O=C(Cc1cccs1)Nc1ccc(Cc2nnc3ccccn23)cc1. The highest BCUT2D eigenvalue weighted by atomic mass is 32.1. The lowest BCUT2D eigenvalue weighted by Crippen LogP contribution is -2.13. The molecule has 0 saturated carbocycles. The molecular weight excluding hydrogens is 332 g/mol. The predicted octanol–water partition coefficient (Wildman–Crippen LogP) is 3.56. The molecule has 4 rings (SSSR count). The smallest absolute Gasteiger partial charge is 0.229 e. The predicted molar refractivity (Wildman–Crippen MR) is 98.9 cm³/mol. The van der Waals surface area contributed by atoms with Gasteiger partial charge in [-0.05, 0) is 41.3 Å². The van der Waals surface area contributed by atoms with E-state index in [0.29, 0.717) is 12.8 Å². The molecule has 4 aromatic rings. The van der Waals surface area contributed by atoms with Crippen molar-refractivity contribution in [3.05, 3.63) is 82.4 Å². The van der Waals surface area contributed by atoms with Gasteiger partial charge in [0.05, 0.1) is 6.42 Å². The molecule has 3 aromatic heterocycles. The molecule has 0 saturated heterocycles. The van der Waals surface area contributed by atoms with E-state index >= 15 is 0 Å². The molecule has 0 spiro atoms. The van der Waals surface area contributed by atoms with Crippen LogP contribution in [0.25, 0.3) is 5.65 Å². The van der Waals surface area contributed by atoms with E-state index in [0.717, 1.165) is 27.6 Å². The average molecular weight is 348 g/mol. The number of nitrogens with zero attached hydrogens (tertiary/aromatic N) is 3. The zero-order valence-corrected chi connectivity index (χ0v) is 14.2. The van der Waals surface area contributed by atoms with Gasteiger partial charge < -0.3 is 5.32 Å². The number of thiophene rings is 1. The highest BCUT2D eigenvalue weighted by molar-refractivity contribution is 7.10. The molecule has 5 nitrogen and oxygen atoms in total. The van der Waals surface area contributed by atoms with Crippen molar-refractivity contribution in [1.29, 1.82) is 0 Å². The van der Waals surface area contributed by atoms with Crippen LogP contribution in [0.3, 0.4) is 0 Å². The summed E-state index contributed by atoms with van der Waals surface area (Å²) in [5.41, 5.74) is 2.76. The molecule has 1 amide bonds. The first-order valence-electron chi connectivity index (χ1n) is 7.98. The number of aromatic nitrogens is 3. The number of amides is 1. The summed E-state index contributed by atoms with van der Waals surface area (Å²) in [6, 6.07) is 17.6. The van der Waals surface area contributed by atoms with Crippen LogP contribution in [0.1, 0.15) is 16.3 Å². The van der Waals surface area contributed by atoms with Crippen LogP contribution in [0.5, 0.6) is 0 Å². The number of fused-ring (bicyclic) bond motifs is 1. The van der Waals surface area contributed by atoms with Crippen LogP contribution in [-0.2, 0) is 17.6 Å². The maximum absolute atomic E-state index is 12.0. The Morgan fingerprint density at radius 1 is 1.04 bits per heavy atom. The summed E-state index contributed by atoms with van der Waals surface area (Å²) in [5, 5.41) is 13.3. The van der Waals surface area contributed by atoms with Gasteiger partial charge in [0.1, 0.15) is 5.82 Å². The maximum atomic E-state index is 12.0. The van der Waals surface area contributed by atoms with Crippen molar-refractivity contribution in [2.24, 2.45) is 0 Å². The second-order valence-electron chi connectivity index (χ2n) is 5.72. The quantitative estimate of drug-likeness (QED) is 0.600. The first-order valence-corrected chi connectivity index (χ1v) is 8.86. The lowest BCUT2D eigenvalue weighted by molar-refractivity contribution is -0.115. The van der Waals surface area contributed by atoms with Gasteiger partial charge in [0, 0.05) is 23.2 Å². The zero-order chi connectivity index (χ0) is 17.1. The minimum absolute atomic E-state index is 0.00125. The average Bonchev–Trinajstić information content (AvgIpc) is 3.27. The van der Waals surface area contributed by atoms with E-state index < -0.39 is 0 Å². The third-order valence-electron chi connectivity index (χ3n) is 3.90. The lowest BCUT2D eigenvalue weighted by Gasteiger charge is -2.06. The van der Waals surface area contributed by atoms with E-state index in [2.05, 4.69) is 15.5 Å². The molecule has 3 heterocycles. The number of hydrogen-bond acceptors (Lipinski definition) is 4. The fraction of sp³-hybridized carbons (Fsp3) is 0.105. The molecule has 1 N–H and O–H groups in total. The summed E-state index contributed by atoms with van der Waals surface area (Å²) in [6.45, 7) is 0. The molecule has 124 valence electrons. The second kappa shape index (κ2) is 6.86. The van der Waals surface area contributed by atoms with Gasteiger partial charge in [-0.15, -0.1) is 21.5 Å². The van der Waals surface area contributed by atoms with Gasteiger partial charge in [0.15, 0.2) is 5.65 Å². The van der Waals surface area contributed by atoms with Crippen molar-refractivity contribution in [3.8, 4) is 0 Å². The van der Waals surface area contributed by atoms with Crippen LogP contribution < -0.4 is 5.32 Å². The third-order valence-corrected chi connectivity index (χ3v) is 4.78. The summed E-state index contributed by atoms with van der Waals surface area (Å²) >= 11 is 1.59. The van der Waals surface area contributed by atoms with Gasteiger partial charge in [0.2, 0.25) is 5.91 Å². The van der Waals surface area contributed by atoms with Crippen molar-refractivity contribution in [2.45, 2.75) is 12.8 Å². The van der Waals surface area contributed by atoms with Crippen LogP contribution >= 0.6 is 11.3 Å². The molecule has 0 unspecified atom stereocenters. The molecule has 0 radical (unpaired) electrons. The lowest BCUT2D eigenvalue weighted by atomic mass is 10.1. The number of pyridine rings is 1. The van der Waals surface area contributed by atoms with Gasteiger partial charge in [-0.1, -0.05) is 24.3 Å². The van der Waals surface area contributed by atoms with E-state index in [1.807, 2.05) is 70.6 Å². The number of carbonyl (C=O) groups excluding carboxylic acids is 1. The first-order chi connectivity index (χ1) is 12.3.